The molecular weight excluding hydrogens is 390 g/mol. The molecule has 0 bridgehead atoms. The van der Waals surface area contributed by atoms with E-state index in [-0.39, 0.29) is 5.91 Å². The molecule has 1 atom stereocenters. The van der Waals surface area contributed by atoms with Crippen LogP contribution in [0.5, 0.6) is 5.75 Å². The Morgan fingerprint density at radius 3 is 2.58 bits per heavy atom. The number of benzene rings is 2. The number of amides is 1. The smallest absolute Gasteiger partial charge is 0.243 e. The number of nitrogens with one attached hydrogen (secondary N) is 1. The lowest BCUT2D eigenvalue weighted by molar-refractivity contribution is -0.121. The lowest BCUT2D eigenvalue weighted by Crippen LogP contribution is -2.34. The molecule has 1 aromatic heterocycles. The normalized spacial score (nSPS) is 14.6. The number of nitrogens with zero attached hydrogens (tertiary/aromatic N) is 4. The first-order valence-corrected chi connectivity index (χ1v) is 10.5. The second-order valence-electron chi connectivity index (χ2n) is 7.60. The average Bonchev–Trinajstić information content (AvgIpc) is 2.83. The second-order valence-corrected chi connectivity index (χ2v) is 7.60. The third kappa shape index (κ3) is 4.58. The molecule has 7 nitrogen and oxygen atoms in total. The molecule has 0 saturated carbocycles. The molecule has 2 heterocycles. The van der Waals surface area contributed by atoms with Crippen LogP contribution in [0.2, 0.25) is 0 Å². The highest BCUT2D eigenvalue weighted by Crippen LogP contribution is 2.29. The van der Waals surface area contributed by atoms with Gasteiger partial charge in [0.1, 0.15) is 11.4 Å². The van der Waals surface area contributed by atoms with Crippen LogP contribution in [0, 0.1) is 11.3 Å². The van der Waals surface area contributed by atoms with Gasteiger partial charge in [0.25, 0.3) is 0 Å². The topological polar surface area (TPSA) is 91.1 Å². The molecule has 3 aromatic rings. The maximum Gasteiger partial charge on any atom is 0.243 e. The van der Waals surface area contributed by atoms with E-state index in [1.807, 2.05) is 48.5 Å². The molecule has 0 spiro atoms. The van der Waals surface area contributed by atoms with Gasteiger partial charge >= 0.3 is 0 Å². The summed E-state index contributed by atoms with van der Waals surface area (Å²) in [5, 5.41) is 12.8. The first-order chi connectivity index (χ1) is 15.2. The zero-order chi connectivity index (χ0) is 21.6. The fourth-order valence-corrected chi connectivity index (χ4v) is 3.85. The first kappa shape index (κ1) is 20.6. The lowest BCUT2D eigenvalue weighted by atomic mass is 10.0. The van der Waals surface area contributed by atoms with Gasteiger partial charge in [-0.05, 0) is 49.1 Å². The van der Waals surface area contributed by atoms with Crippen molar-refractivity contribution in [3.05, 3.63) is 59.8 Å². The molecule has 0 radical (unpaired) electrons. The van der Waals surface area contributed by atoms with Crippen molar-refractivity contribution >= 4 is 22.8 Å². The molecular formula is C24H25N5O2. The van der Waals surface area contributed by atoms with Crippen LogP contribution in [0.1, 0.15) is 36.4 Å². The number of hydrogen-bond acceptors (Lipinski definition) is 6. The molecule has 1 N–H and O–H groups in total. The number of anilines is 1. The number of carbonyl (C=O) groups excluding carboxylic acids is 1. The van der Waals surface area contributed by atoms with E-state index in [9.17, 15) is 10.1 Å². The number of nitriles is 1. The van der Waals surface area contributed by atoms with Crippen molar-refractivity contribution in [2.45, 2.75) is 31.7 Å². The van der Waals surface area contributed by atoms with Crippen LogP contribution in [0.3, 0.4) is 0 Å². The van der Waals surface area contributed by atoms with Crippen molar-refractivity contribution in [1.29, 1.82) is 5.26 Å². The minimum absolute atomic E-state index is 0.300. The van der Waals surface area contributed by atoms with Gasteiger partial charge in [0.2, 0.25) is 5.91 Å². The fraction of sp³-hybridized carbons (Fsp3) is 0.333. The molecule has 1 aliphatic heterocycles. The van der Waals surface area contributed by atoms with Crippen LogP contribution in [0.15, 0.2) is 48.5 Å². The average molecular weight is 415 g/mol. The van der Waals surface area contributed by atoms with Crippen LogP contribution in [-0.2, 0) is 11.3 Å². The number of fused-ring (bicyclic) bond motifs is 1. The van der Waals surface area contributed by atoms with Crippen molar-refractivity contribution in [1.82, 2.24) is 15.3 Å². The van der Waals surface area contributed by atoms with Crippen LogP contribution in [0.4, 0.5) is 5.82 Å². The summed E-state index contributed by atoms with van der Waals surface area (Å²) in [6, 6.07) is 17.2. The van der Waals surface area contributed by atoms with Crippen molar-refractivity contribution in [3.8, 4) is 11.8 Å². The minimum atomic E-state index is -1.04. The van der Waals surface area contributed by atoms with Gasteiger partial charge in [-0.1, -0.05) is 24.3 Å². The van der Waals surface area contributed by atoms with E-state index in [2.05, 4.69) is 16.3 Å². The van der Waals surface area contributed by atoms with E-state index in [4.69, 9.17) is 14.7 Å². The number of piperidine rings is 1. The Bertz CT molecular complexity index is 1120. The summed E-state index contributed by atoms with van der Waals surface area (Å²) in [4.78, 5) is 24.7. The third-order valence-electron chi connectivity index (χ3n) is 5.50. The van der Waals surface area contributed by atoms with Crippen molar-refractivity contribution < 1.29 is 9.53 Å². The second kappa shape index (κ2) is 9.43. The van der Waals surface area contributed by atoms with Gasteiger partial charge < -0.3 is 15.0 Å². The predicted molar refractivity (Wildman–Crippen MR) is 119 cm³/mol. The van der Waals surface area contributed by atoms with Crippen molar-refractivity contribution in [3.63, 3.8) is 0 Å². The Morgan fingerprint density at radius 1 is 1.13 bits per heavy atom. The number of ether oxygens (including phenoxy) is 1. The molecule has 158 valence electrons. The Kier molecular flexibility index (Phi) is 6.27. The van der Waals surface area contributed by atoms with Gasteiger partial charge in [0, 0.05) is 19.6 Å². The van der Waals surface area contributed by atoms with Gasteiger partial charge in [0.05, 0.1) is 24.2 Å². The molecule has 4 rings (SSSR count). The highest BCUT2D eigenvalue weighted by molar-refractivity contribution is 5.88. The highest BCUT2D eigenvalue weighted by Gasteiger charge is 2.29. The fourth-order valence-electron chi connectivity index (χ4n) is 3.85. The number of hydrogen-bond donors (Lipinski definition) is 1. The summed E-state index contributed by atoms with van der Waals surface area (Å²) in [5.41, 5.74) is 2.76. The Balaban J connectivity index is 1.63. The molecule has 2 aromatic carbocycles. The van der Waals surface area contributed by atoms with E-state index < -0.39 is 5.92 Å². The number of methoxy groups -OCH3 is 1. The first-order valence-electron chi connectivity index (χ1n) is 10.5. The van der Waals surface area contributed by atoms with Crippen LogP contribution >= 0.6 is 0 Å². The summed E-state index contributed by atoms with van der Waals surface area (Å²) in [6.45, 7) is 2.00. The van der Waals surface area contributed by atoms with Gasteiger partial charge in [-0.2, -0.15) is 5.26 Å². The van der Waals surface area contributed by atoms with E-state index in [0.717, 1.165) is 42.8 Å². The van der Waals surface area contributed by atoms with E-state index in [0.29, 0.717) is 23.6 Å². The summed E-state index contributed by atoms with van der Waals surface area (Å²) in [5.74, 6) is -0.0642. The molecule has 1 aliphatic rings. The molecule has 1 saturated heterocycles. The third-order valence-corrected chi connectivity index (χ3v) is 5.50. The summed E-state index contributed by atoms with van der Waals surface area (Å²) >= 11 is 0. The number of carbonyl (C=O) groups is 1. The van der Waals surface area contributed by atoms with Crippen LogP contribution in [0.25, 0.3) is 11.0 Å². The number of para-hydroxylation sites is 2. The minimum Gasteiger partial charge on any atom is -0.497 e. The SMILES string of the molecule is COc1cccc(CNC(=O)C(C#N)c2nc3ccccc3nc2N2CCCCC2)c1. The van der Waals surface area contributed by atoms with E-state index in [1.54, 1.807) is 7.11 Å². The molecule has 1 amide bonds. The maximum absolute atomic E-state index is 13.0. The van der Waals surface area contributed by atoms with Crippen molar-refractivity contribution in [2.24, 2.45) is 0 Å². The Morgan fingerprint density at radius 2 is 1.87 bits per heavy atom. The van der Waals surface area contributed by atoms with Gasteiger partial charge in [0.15, 0.2) is 11.7 Å². The standard InChI is InChI=1S/C24H25N5O2/c1-31-18-9-7-8-17(14-18)16-26-24(30)19(15-25)22-23(29-12-5-2-6-13-29)28-21-11-4-3-10-20(21)27-22/h3-4,7-11,14,19H,2,5-6,12-13,16H2,1H3,(H,26,30). The van der Waals surface area contributed by atoms with Gasteiger partial charge in [-0.15, -0.1) is 0 Å². The molecule has 1 unspecified atom stereocenters. The lowest BCUT2D eigenvalue weighted by Gasteiger charge is -2.29. The van der Waals surface area contributed by atoms with E-state index >= 15 is 0 Å². The summed E-state index contributed by atoms with van der Waals surface area (Å²) in [6.07, 6.45) is 3.30. The summed E-state index contributed by atoms with van der Waals surface area (Å²) < 4.78 is 5.23. The predicted octanol–water partition coefficient (Wildman–Crippen LogP) is 3.55. The molecule has 7 heteroatoms. The number of rotatable bonds is 6. The largest absolute Gasteiger partial charge is 0.497 e. The number of aromatic nitrogens is 2. The van der Waals surface area contributed by atoms with Gasteiger partial charge in [-0.25, -0.2) is 9.97 Å². The summed E-state index contributed by atoms with van der Waals surface area (Å²) in [7, 11) is 1.60. The maximum atomic E-state index is 13.0. The van der Waals surface area contributed by atoms with Crippen LogP contribution in [-0.4, -0.2) is 36.1 Å². The monoisotopic (exact) mass is 415 g/mol. The quantitative estimate of drug-likeness (QED) is 0.662. The Labute approximate surface area is 181 Å². The van der Waals surface area contributed by atoms with Crippen LogP contribution < -0.4 is 15.0 Å². The molecule has 1 fully saturated rings. The van der Waals surface area contributed by atoms with Gasteiger partial charge in [-0.3, -0.25) is 4.79 Å². The highest BCUT2D eigenvalue weighted by atomic mass is 16.5. The Hall–Kier alpha value is -3.66. The van der Waals surface area contributed by atoms with E-state index in [1.165, 1.54) is 6.42 Å². The van der Waals surface area contributed by atoms with Crippen molar-refractivity contribution in [2.75, 3.05) is 25.1 Å². The molecule has 0 aliphatic carbocycles. The zero-order valence-electron chi connectivity index (χ0n) is 17.5. The molecule has 31 heavy (non-hydrogen) atoms. The zero-order valence-corrected chi connectivity index (χ0v) is 17.5.